The van der Waals surface area contributed by atoms with Crippen LogP contribution >= 0.6 is 0 Å². The summed E-state index contributed by atoms with van der Waals surface area (Å²) in [6.07, 6.45) is -0.476. The predicted octanol–water partition coefficient (Wildman–Crippen LogP) is 11.6. The Kier molecular flexibility index (Phi) is 7.00. The molecule has 2 unspecified atom stereocenters. The van der Waals surface area contributed by atoms with Gasteiger partial charge in [-0.3, -0.25) is 5.32 Å². The van der Waals surface area contributed by atoms with Crippen LogP contribution < -0.4 is 10.6 Å². The molecule has 51 heavy (non-hydrogen) atoms. The highest BCUT2D eigenvalue weighted by atomic mass is 16.3. The highest BCUT2D eigenvalue weighted by molar-refractivity contribution is 6.12. The van der Waals surface area contributed by atoms with E-state index in [-0.39, 0.29) is 12.3 Å². The Morgan fingerprint density at radius 1 is 0.490 bits per heavy atom. The van der Waals surface area contributed by atoms with Crippen molar-refractivity contribution >= 4 is 49.3 Å². The van der Waals surface area contributed by atoms with E-state index in [4.69, 9.17) is 9.41 Å². The van der Waals surface area contributed by atoms with Crippen molar-refractivity contribution in [3.05, 3.63) is 193 Å². The van der Waals surface area contributed by atoms with Crippen molar-refractivity contribution in [3.63, 3.8) is 0 Å². The highest BCUT2D eigenvalue weighted by Crippen LogP contribution is 2.41. The van der Waals surface area contributed by atoms with Gasteiger partial charge in [0, 0.05) is 27.5 Å². The number of hydrogen-bond donors (Lipinski definition) is 2. The molecule has 1 aromatic heterocycles. The van der Waals surface area contributed by atoms with Crippen molar-refractivity contribution in [1.82, 2.24) is 10.6 Å². The molecule has 1 aliphatic rings. The molecule has 0 amide bonds. The zero-order chi connectivity index (χ0) is 33.7. The maximum Gasteiger partial charge on any atom is 0.143 e. The van der Waals surface area contributed by atoms with E-state index in [9.17, 15) is 0 Å². The number of aliphatic imine (C=N–C) groups is 1. The quantitative estimate of drug-likeness (QED) is 0.181. The second-order valence-corrected chi connectivity index (χ2v) is 13.2. The van der Waals surface area contributed by atoms with Gasteiger partial charge in [-0.15, -0.1) is 0 Å². The summed E-state index contributed by atoms with van der Waals surface area (Å²) in [5, 5.41) is 14.9. The van der Waals surface area contributed by atoms with Crippen LogP contribution in [0.25, 0.3) is 65.7 Å². The smallest absolute Gasteiger partial charge is 0.143 e. The molecule has 8 aromatic carbocycles. The molecule has 2 N–H and O–H groups in total. The number of fused-ring (bicyclic) bond motifs is 6. The van der Waals surface area contributed by atoms with Gasteiger partial charge in [0.05, 0.1) is 0 Å². The molecule has 2 atom stereocenters. The van der Waals surface area contributed by atoms with Gasteiger partial charge in [-0.25, -0.2) is 4.99 Å². The summed E-state index contributed by atoms with van der Waals surface area (Å²) in [5.41, 5.74) is 9.58. The lowest BCUT2D eigenvalue weighted by molar-refractivity contribution is 0.411. The second kappa shape index (κ2) is 12.1. The van der Waals surface area contributed by atoms with Crippen LogP contribution in [-0.2, 0) is 0 Å². The molecule has 9 aromatic rings. The van der Waals surface area contributed by atoms with Crippen molar-refractivity contribution in [1.29, 1.82) is 0 Å². The molecule has 1 aliphatic heterocycles. The molecule has 0 fully saturated rings. The van der Waals surface area contributed by atoms with E-state index in [0.29, 0.717) is 0 Å². The number of hydrogen-bond acceptors (Lipinski definition) is 4. The Balaban J connectivity index is 1.05. The van der Waals surface area contributed by atoms with Crippen LogP contribution in [0.5, 0.6) is 0 Å². The van der Waals surface area contributed by atoms with Crippen molar-refractivity contribution in [3.8, 4) is 22.3 Å². The fourth-order valence-corrected chi connectivity index (χ4v) is 7.62. The average Bonchev–Trinajstić information content (AvgIpc) is 3.61. The Morgan fingerprint density at radius 2 is 1.16 bits per heavy atom. The van der Waals surface area contributed by atoms with Gasteiger partial charge in [-0.2, -0.15) is 0 Å². The first-order valence-electron chi connectivity index (χ1n) is 17.4. The predicted molar refractivity (Wildman–Crippen MR) is 211 cm³/mol. The van der Waals surface area contributed by atoms with Crippen LogP contribution in [-0.4, -0.2) is 5.84 Å². The zero-order valence-electron chi connectivity index (χ0n) is 27.8. The average molecular weight is 656 g/mol. The summed E-state index contributed by atoms with van der Waals surface area (Å²) < 4.78 is 6.61. The number of nitrogens with zero attached hydrogens (tertiary/aromatic N) is 1. The Bertz CT molecular complexity index is 2750. The summed E-state index contributed by atoms with van der Waals surface area (Å²) in [7, 11) is 0. The minimum absolute atomic E-state index is 0.231. The maximum absolute atomic E-state index is 6.61. The van der Waals surface area contributed by atoms with Crippen LogP contribution in [0.4, 0.5) is 0 Å². The van der Waals surface area contributed by atoms with Crippen LogP contribution in [0.1, 0.15) is 29.0 Å². The third-order valence-corrected chi connectivity index (χ3v) is 10.2. The molecule has 0 radical (unpaired) electrons. The molecule has 0 bridgehead atoms. The van der Waals surface area contributed by atoms with Gasteiger partial charge in [0.2, 0.25) is 0 Å². The molecular weight excluding hydrogens is 623 g/mol. The number of para-hydroxylation sites is 1. The van der Waals surface area contributed by atoms with Crippen molar-refractivity contribution in [2.24, 2.45) is 4.99 Å². The summed E-state index contributed by atoms with van der Waals surface area (Å²) in [6, 6.07) is 62.2. The van der Waals surface area contributed by atoms with E-state index in [1.165, 1.54) is 32.7 Å². The first-order chi connectivity index (χ1) is 25.3. The van der Waals surface area contributed by atoms with E-state index in [0.717, 1.165) is 55.6 Å². The van der Waals surface area contributed by atoms with E-state index in [2.05, 4.69) is 168 Å². The Hall–Kier alpha value is -6.49. The molecule has 242 valence electrons. The van der Waals surface area contributed by atoms with Gasteiger partial charge in [-0.1, -0.05) is 164 Å². The first kappa shape index (κ1) is 29.4. The van der Waals surface area contributed by atoms with E-state index < -0.39 is 0 Å². The van der Waals surface area contributed by atoms with Crippen LogP contribution in [0.2, 0.25) is 0 Å². The molecule has 0 spiro atoms. The normalized spacial score (nSPS) is 16.0. The van der Waals surface area contributed by atoms with E-state index in [1.54, 1.807) is 0 Å². The summed E-state index contributed by atoms with van der Waals surface area (Å²) in [5.74, 6) is 0.845. The first-order valence-corrected chi connectivity index (χ1v) is 17.4. The minimum Gasteiger partial charge on any atom is -0.455 e. The number of benzene rings is 8. The topological polar surface area (TPSA) is 49.6 Å². The summed E-state index contributed by atoms with van der Waals surface area (Å²) in [4.78, 5) is 5.24. The third-order valence-electron chi connectivity index (χ3n) is 10.2. The van der Waals surface area contributed by atoms with E-state index >= 15 is 0 Å². The molecule has 10 rings (SSSR count). The second-order valence-electron chi connectivity index (χ2n) is 13.2. The van der Waals surface area contributed by atoms with Crippen molar-refractivity contribution in [2.45, 2.75) is 12.3 Å². The van der Waals surface area contributed by atoms with Gasteiger partial charge in [0.25, 0.3) is 0 Å². The monoisotopic (exact) mass is 655 g/mol. The van der Waals surface area contributed by atoms with Crippen LogP contribution in [0.15, 0.2) is 185 Å². The maximum atomic E-state index is 6.61. The minimum atomic E-state index is -0.246. The van der Waals surface area contributed by atoms with Gasteiger partial charge in [0.15, 0.2) is 0 Å². The lowest BCUT2D eigenvalue weighted by Gasteiger charge is -2.32. The lowest BCUT2D eigenvalue weighted by Crippen LogP contribution is -2.45. The third kappa shape index (κ3) is 5.16. The molecule has 4 nitrogen and oxygen atoms in total. The van der Waals surface area contributed by atoms with Crippen LogP contribution in [0.3, 0.4) is 0 Å². The number of rotatable bonds is 5. The zero-order valence-corrected chi connectivity index (χ0v) is 27.8. The summed E-state index contributed by atoms with van der Waals surface area (Å²) >= 11 is 0. The van der Waals surface area contributed by atoms with Crippen LogP contribution in [0, 0.1) is 0 Å². The molecule has 0 saturated carbocycles. The largest absolute Gasteiger partial charge is 0.455 e. The van der Waals surface area contributed by atoms with Gasteiger partial charge >= 0.3 is 0 Å². The molecule has 0 aliphatic carbocycles. The molecule has 4 heteroatoms. The fourth-order valence-electron chi connectivity index (χ4n) is 7.62. The standard InChI is InChI=1S/C47H33N3O/c1-3-11-31(12-4-1)39-27-28-41(43-40-17-9-10-18-42(40)51-44(39)43)47-49-45(33-14-5-2-6-15-33)48-46(50-47)34-22-19-30(20-23-34)35-25-26-38-36(29-35)24-21-32-13-7-8-16-37(32)38/h1-29,45,47,49H,(H,48,50). The number of furan rings is 1. The van der Waals surface area contributed by atoms with Gasteiger partial charge in [-0.05, 0) is 55.9 Å². The van der Waals surface area contributed by atoms with Crippen molar-refractivity contribution < 1.29 is 4.42 Å². The Morgan fingerprint density at radius 3 is 2.00 bits per heavy atom. The highest BCUT2D eigenvalue weighted by Gasteiger charge is 2.28. The molecular formula is C47H33N3O. The number of nitrogens with one attached hydrogen (secondary N) is 2. The van der Waals surface area contributed by atoms with E-state index in [1.807, 2.05) is 18.2 Å². The Labute approximate surface area is 295 Å². The molecule has 0 saturated heterocycles. The SMILES string of the molecule is c1ccc(-c2ccc(C3NC(c4ccc(-c5ccc6c(ccc7ccccc76)c5)cc4)=NC(c4ccccc4)N3)c3c2oc2ccccc23)cc1. The fraction of sp³-hybridized carbons (Fsp3) is 0.0426. The summed E-state index contributed by atoms with van der Waals surface area (Å²) in [6.45, 7) is 0. The van der Waals surface area contributed by atoms with Crippen molar-refractivity contribution in [2.75, 3.05) is 0 Å². The molecule has 2 heterocycles. The van der Waals surface area contributed by atoms with Gasteiger partial charge in [0.1, 0.15) is 29.3 Å². The lowest BCUT2D eigenvalue weighted by atomic mass is 9.96. The van der Waals surface area contributed by atoms with Gasteiger partial charge < -0.3 is 9.73 Å². The number of amidine groups is 1.